The predicted molar refractivity (Wildman–Crippen MR) is 100 cm³/mol. The van der Waals surface area contributed by atoms with Gasteiger partial charge in [-0.15, -0.1) is 0 Å². The molecule has 0 bridgehead atoms. The topological polar surface area (TPSA) is 77.6 Å². The number of nitrogen functional groups attached to an aromatic ring is 1. The zero-order valence-corrected chi connectivity index (χ0v) is 14.7. The summed E-state index contributed by atoms with van der Waals surface area (Å²) in [4.78, 5) is 17.0. The fraction of sp³-hybridized carbons (Fsp3) is 0.100. The van der Waals surface area contributed by atoms with Crippen LogP contribution in [0.4, 0.5) is 19.0 Å². The van der Waals surface area contributed by atoms with E-state index in [-0.39, 0.29) is 17.3 Å². The van der Waals surface area contributed by atoms with Gasteiger partial charge in [-0.2, -0.15) is 13.2 Å². The van der Waals surface area contributed by atoms with E-state index in [1.165, 1.54) is 6.07 Å². The Labute approximate surface area is 158 Å². The maximum absolute atomic E-state index is 12.8. The van der Waals surface area contributed by atoms with Crippen molar-refractivity contribution in [1.82, 2.24) is 19.9 Å². The Morgan fingerprint density at radius 1 is 0.929 bits per heavy atom. The summed E-state index contributed by atoms with van der Waals surface area (Å²) < 4.78 is 38.3. The van der Waals surface area contributed by atoms with Gasteiger partial charge in [-0.1, -0.05) is 18.2 Å². The molecule has 0 spiro atoms. The third-order valence-corrected chi connectivity index (χ3v) is 4.40. The maximum Gasteiger partial charge on any atom is 0.417 e. The SMILES string of the molecule is Cc1c(N)nc(-c2ccc(C(F)(F)F)cn2)nc1-c1cccc2ncccc12. The third-order valence-electron chi connectivity index (χ3n) is 4.40. The van der Waals surface area contributed by atoms with Gasteiger partial charge in [0, 0.05) is 28.9 Å². The molecule has 0 aliphatic heterocycles. The molecule has 0 aliphatic carbocycles. The largest absolute Gasteiger partial charge is 0.417 e. The number of pyridine rings is 2. The van der Waals surface area contributed by atoms with Crippen molar-refractivity contribution in [3.8, 4) is 22.8 Å². The molecule has 0 radical (unpaired) electrons. The second-order valence-corrected chi connectivity index (χ2v) is 6.21. The van der Waals surface area contributed by atoms with E-state index < -0.39 is 11.7 Å². The number of hydrogen-bond acceptors (Lipinski definition) is 5. The van der Waals surface area contributed by atoms with Crippen molar-refractivity contribution in [2.24, 2.45) is 0 Å². The van der Waals surface area contributed by atoms with Crippen LogP contribution in [0.2, 0.25) is 0 Å². The van der Waals surface area contributed by atoms with Crippen molar-refractivity contribution < 1.29 is 13.2 Å². The summed E-state index contributed by atoms with van der Waals surface area (Å²) >= 11 is 0. The minimum Gasteiger partial charge on any atom is -0.383 e. The zero-order valence-electron chi connectivity index (χ0n) is 14.7. The third kappa shape index (κ3) is 3.13. The molecule has 0 atom stereocenters. The van der Waals surface area contributed by atoms with Gasteiger partial charge in [0.15, 0.2) is 5.82 Å². The first kappa shape index (κ1) is 17.8. The van der Waals surface area contributed by atoms with Crippen molar-refractivity contribution >= 4 is 16.7 Å². The molecule has 0 saturated carbocycles. The Kier molecular flexibility index (Phi) is 4.18. The van der Waals surface area contributed by atoms with Gasteiger partial charge in [-0.05, 0) is 31.2 Å². The molecule has 0 saturated heterocycles. The van der Waals surface area contributed by atoms with Gasteiger partial charge < -0.3 is 5.73 Å². The first-order valence-electron chi connectivity index (χ1n) is 8.36. The van der Waals surface area contributed by atoms with E-state index in [9.17, 15) is 13.2 Å². The zero-order chi connectivity index (χ0) is 19.9. The van der Waals surface area contributed by atoms with Crippen LogP contribution in [0.1, 0.15) is 11.1 Å². The Morgan fingerprint density at radius 2 is 1.75 bits per heavy atom. The molecule has 4 aromatic rings. The quantitative estimate of drug-likeness (QED) is 0.546. The summed E-state index contributed by atoms with van der Waals surface area (Å²) in [5.41, 5.74) is 8.30. The predicted octanol–water partition coefficient (Wildman–Crippen LogP) is 4.66. The second-order valence-electron chi connectivity index (χ2n) is 6.21. The fourth-order valence-corrected chi connectivity index (χ4v) is 2.91. The summed E-state index contributed by atoms with van der Waals surface area (Å²) in [6.45, 7) is 1.80. The van der Waals surface area contributed by atoms with Crippen molar-refractivity contribution in [3.05, 3.63) is 66.0 Å². The Balaban J connectivity index is 1.88. The van der Waals surface area contributed by atoms with E-state index in [1.807, 2.05) is 30.3 Å². The second kappa shape index (κ2) is 6.56. The highest BCUT2D eigenvalue weighted by molar-refractivity contribution is 5.94. The number of aromatic nitrogens is 4. The van der Waals surface area contributed by atoms with Crippen LogP contribution >= 0.6 is 0 Å². The van der Waals surface area contributed by atoms with Crippen LogP contribution in [0.15, 0.2) is 54.9 Å². The lowest BCUT2D eigenvalue weighted by atomic mass is 10.0. The molecule has 4 rings (SSSR count). The number of fused-ring (bicyclic) bond motifs is 1. The number of benzene rings is 1. The molecule has 3 heterocycles. The molecule has 28 heavy (non-hydrogen) atoms. The molecule has 0 aliphatic rings. The summed E-state index contributed by atoms with van der Waals surface area (Å²) in [7, 11) is 0. The van der Waals surface area contributed by atoms with Gasteiger partial charge in [0.05, 0.1) is 16.8 Å². The monoisotopic (exact) mass is 381 g/mol. The highest BCUT2D eigenvalue weighted by Gasteiger charge is 2.30. The van der Waals surface area contributed by atoms with Crippen molar-refractivity contribution in [2.45, 2.75) is 13.1 Å². The normalized spacial score (nSPS) is 11.7. The highest BCUT2D eigenvalue weighted by Crippen LogP contribution is 2.33. The molecular weight excluding hydrogens is 367 g/mol. The number of alkyl halides is 3. The first-order valence-corrected chi connectivity index (χ1v) is 8.36. The molecule has 2 N–H and O–H groups in total. The highest BCUT2D eigenvalue weighted by atomic mass is 19.4. The van der Waals surface area contributed by atoms with Crippen LogP contribution in [0, 0.1) is 6.92 Å². The van der Waals surface area contributed by atoms with Crippen LogP contribution in [0.3, 0.4) is 0 Å². The minimum absolute atomic E-state index is 0.160. The van der Waals surface area contributed by atoms with Gasteiger partial charge >= 0.3 is 6.18 Å². The lowest BCUT2D eigenvalue weighted by Gasteiger charge is -2.12. The average Bonchev–Trinajstić information content (AvgIpc) is 2.69. The smallest absolute Gasteiger partial charge is 0.383 e. The van der Waals surface area contributed by atoms with E-state index in [4.69, 9.17) is 5.73 Å². The van der Waals surface area contributed by atoms with E-state index in [0.29, 0.717) is 11.3 Å². The van der Waals surface area contributed by atoms with Gasteiger partial charge in [-0.25, -0.2) is 9.97 Å². The fourth-order valence-electron chi connectivity index (χ4n) is 2.91. The number of nitrogens with two attached hydrogens (primary N) is 1. The molecule has 1 aromatic carbocycles. The van der Waals surface area contributed by atoms with Crippen LogP contribution in [-0.4, -0.2) is 19.9 Å². The standard InChI is InChI=1S/C20H14F3N5/c1-11-17(14-4-2-6-15-13(14)5-3-9-25-15)27-19(28-18(11)24)16-8-7-12(10-26-16)20(21,22)23/h2-10H,1H3,(H2,24,27,28). The molecular formula is C20H14F3N5. The molecule has 0 amide bonds. The van der Waals surface area contributed by atoms with Gasteiger partial charge in [0.25, 0.3) is 0 Å². The van der Waals surface area contributed by atoms with Gasteiger partial charge in [0.1, 0.15) is 11.5 Å². The Morgan fingerprint density at radius 3 is 2.46 bits per heavy atom. The number of nitrogens with zero attached hydrogens (tertiary/aromatic N) is 4. The Bertz CT molecular complexity index is 1170. The van der Waals surface area contributed by atoms with E-state index in [2.05, 4.69) is 19.9 Å². The lowest BCUT2D eigenvalue weighted by molar-refractivity contribution is -0.137. The molecule has 5 nitrogen and oxygen atoms in total. The summed E-state index contributed by atoms with van der Waals surface area (Å²) in [6, 6.07) is 11.6. The van der Waals surface area contributed by atoms with Gasteiger partial charge in [0.2, 0.25) is 0 Å². The van der Waals surface area contributed by atoms with Crippen LogP contribution in [0.25, 0.3) is 33.7 Å². The minimum atomic E-state index is -4.46. The number of hydrogen-bond donors (Lipinski definition) is 1. The lowest BCUT2D eigenvalue weighted by Crippen LogP contribution is -2.07. The molecule has 140 valence electrons. The maximum atomic E-state index is 12.8. The molecule has 8 heteroatoms. The van der Waals surface area contributed by atoms with Crippen molar-refractivity contribution in [3.63, 3.8) is 0 Å². The van der Waals surface area contributed by atoms with Crippen molar-refractivity contribution in [2.75, 3.05) is 5.73 Å². The van der Waals surface area contributed by atoms with Crippen LogP contribution in [-0.2, 0) is 6.18 Å². The summed E-state index contributed by atoms with van der Waals surface area (Å²) in [6.07, 6.45) is -2.00. The van der Waals surface area contributed by atoms with Crippen molar-refractivity contribution in [1.29, 1.82) is 0 Å². The summed E-state index contributed by atoms with van der Waals surface area (Å²) in [5.74, 6) is 0.398. The Hall–Kier alpha value is -3.55. The van der Waals surface area contributed by atoms with Gasteiger partial charge in [-0.3, -0.25) is 9.97 Å². The summed E-state index contributed by atoms with van der Waals surface area (Å²) in [5, 5.41) is 0.887. The van der Waals surface area contributed by atoms with E-state index in [1.54, 1.807) is 13.1 Å². The van der Waals surface area contributed by atoms with E-state index >= 15 is 0 Å². The number of anilines is 1. The van der Waals surface area contributed by atoms with E-state index in [0.717, 1.165) is 28.7 Å². The van der Waals surface area contributed by atoms with Crippen LogP contribution in [0.5, 0.6) is 0 Å². The molecule has 3 aromatic heterocycles. The average molecular weight is 381 g/mol. The number of rotatable bonds is 2. The molecule has 0 fully saturated rings. The first-order chi connectivity index (χ1) is 13.3. The molecule has 0 unspecified atom stereocenters. The van der Waals surface area contributed by atoms with Crippen LogP contribution < -0.4 is 5.73 Å². The number of halogens is 3.